The van der Waals surface area contributed by atoms with Gasteiger partial charge in [-0.15, -0.1) is 0 Å². The van der Waals surface area contributed by atoms with Crippen LogP contribution < -0.4 is 10.6 Å². The Morgan fingerprint density at radius 2 is 2.37 bits per heavy atom. The quantitative estimate of drug-likeness (QED) is 0.878. The van der Waals surface area contributed by atoms with Crippen LogP contribution in [0.1, 0.15) is 6.92 Å². The van der Waals surface area contributed by atoms with Crippen LogP contribution in [0.2, 0.25) is 0 Å². The number of nitrogens with zero attached hydrogens (tertiary/aromatic N) is 1. The molecule has 1 aliphatic rings. The van der Waals surface area contributed by atoms with Gasteiger partial charge in [-0.05, 0) is 25.1 Å². The van der Waals surface area contributed by atoms with Crippen molar-refractivity contribution in [3.05, 3.63) is 28.7 Å². The minimum atomic E-state index is -0.215. The molecule has 1 unspecified atom stereocenters. The first-order valence-electron chi connectivity index (χ1n) is 6.14. The molecule has 1 aromatic carbocycles. The van der Waals surface area contributed by atoms with E-state index in [1.54, 1.807) is 11.8 Å². The normalized spacial score (nSPS) is 19.4. The van der Waals surface area contributed by atoms with Gasteiger partial charge in [-0.25, -0.2) is 0 Å². The molecule has 0 aliphatic carbocycles. The SMILES string of the molecule is CC1NCCN(CC(=O)Nc2cccc(Br)c2)C1=O. The summed E-state index contributed by atoms with van der Waals surface area (Å²) in [7, 11) is 0. The maximum absolute atomic E-state index is 11.9. The molecule has 102 valence electrons. The van der Waals surface area contributed by atoms with E-state index in [2.05, 4.69) is 26.6 Å². The minimum absolute atomic E-state index is 0.0318. The monoisotopic (exact) mass is 325 g/mol. The van der Waals surface area contributed by atoms with Crippen molar-refractivity contribution in [1.29, 1.82) is 0 Å². The van der Waals surface area contributed by atoms with Crippen molar-refractivity contribution in [2.45, 2.75) is 13.0 Å². The minimum Gasteiger partial charge on any atom is -0.331 e. The average molecular weight is 326 g/mol. The topological polar surface area (TPSA) is 61.4 Å². The predicted octanol–water partition coefficient (Wildman–Crippen LogP) is 1.21. The van der Waals surface area contributed by atoms with E-state index in [9.17, 15) is 9.59 Å². The fourth-order valence-corrected chi connectivity index (χ4v) is 2.38. The number of amides is 2. The van der Waals surface area contributed by atoms with Crippen LogP contribution in [0.5, 0.6) is 0 Å². The smallest absolute Gasteiger partial charge is 0.243 e. The van der Waals surface area contributed by atoms with Gasteiger partial charge in [0.15, 0.2) is 0 Å². The number of rotatable bonds is 3. The van der Waals surface area contributed by atoms with Crippen LogP contribution in [-0.2, 0) is 9.59 Å². The van der Waals surface area contributed by atoms with Gasteiger partial charge < -0.3 is 15.5 Å². The molecule has 0 bridgehead atoms. The van der Waals surface area contributed by atoms with E-state index in [-0.39, 0.29) is 24.4 Å². The average Bonchev–Trinajstić information content (AvgIpc) is 2.35. The molecule has 5 nitrogen and oxygen atoms in total. The zero-order valence-corrected chi connectivity index (χ0v) is 12.2. The molecule has 6 heteroatoms. The Kier molecular flexibility index (Phi) is 4.55. The summed E-state index contributed by atoms with van der Waals surface area (Å²) in [5.41, 5.74) is 0.718. The third-order valence-corrected chi connectivity index (χ3v) is 3.45. The summed E-state index contributed by atoms with van der Waals surface area (Å²) in [6.07, 6.45) is 0. The second-order valence-electron chi connectivity index (χ2n) is 4.49. The molecule has 0 spiro atoms. The zero-order chi connectivity index (χ0) is 13.8. The number of hydrogen-bond acceptors (Lipinski definition) is 3. The molecule has 1 aromatic rings. The predicted molar refractivity (Wildman–Crippen MR) is 76.8 cm³/mol. The van der Waals surface area contributed by atoms with Crippen LogP contribution in [0.4, 0.5) is 5.69 Å². The van der Waals surface area contributed by atoms with Gasteiger partial charge in [0.25, 0.3) is 0 Å². The van der Waals surface area contributed by atoms with Gasteiger partial charge in [-0.2, -0.15) is 0 Å². The molecule has 1 atom stereocenters. The number of anilines is 1. The number of piperazine rings is 1. The summed E-state index contributed by atoms with van der Waals surface area (Å²) >= 11 is 3.34. The molecule has 0 radical (unpaired) electrons. The lowest BCUT2D eigenvalue weighted by atomic mass is 10.2. The summed E-state index contributed by atoms with van der Waals surface area (Å²) in [6, 6.07) is 7.15. The molecule has 1 saturated heterocycles. The summed E-state index contributed by atoms with van der Waals surface area (Å²) in [4.78, 5) is 25.3. The maximum Gasteiger partial charge on any atom is 0.243 e. The highest BCUT2D eigenvalue weighted by Gasteiger charge is 2.25. The Balaban J connectivity index is 1.92. The summed E-state index contributed by atoms with van der Waals surface area (Å²) in [5.74, 6) is -0.212. The summed E-state index contributed by atoms with van der Waals surface area (Å²) in [5, 5.41) is 5.85. The standard InChI is InChI=1S/C13H16BrN3O2/c1-9-13(19)17(6-5-15-9)8-12(18)16-11-4-2-3-10(14)7-11/h2-4,7,9,15H,5-6,8H2,1H3,(H,16,18). The summed E-state index contributed by atoms with van der Waals surface area (Å²) in [6.45, 7) is 3.18. The van der Waals surface area contributed by atoms with Crippen LogP contribution in [0.15, 0.2) is 28.7 Å². The number of carbonyl (C=O) groups is 2. The number of halogens is 1. The Morgan fingerprint density at radius 1 is 1.58 bits per heavy atom. The number of hydrogen-bond donors (Lipinski definition) is 2. The van der Waals surface area contributed by atoms with E-state index < -0.39 is 0 Å². The zero-order valence-electron chi connectivity index (χ0n) is 10.6. The van der Waals surface area contributed by atoms with Gasteiger partial charge in [-0.3, -0.25) is 9.59 Å². The first-order chi connectivity index (χ1) is 9.06. The molecule has 0 aromatic heterocycles. The van der Waals surface area contributed by atoms with Crippen molar-refractivity contribution in [3.8, 4) is 0 Å². The van der Waals surface area contributed by atoms with Gasteiger partial charge in [0, 0.05) is 23.2 Å². The van der Waals surface area contributed by atoms with Crippen molar-refractivity contribution in [2.24, 2.45) is 0 Å². The first-order valence-corrected chi connectivity index (χ1v) is 6.93. The first kappa shape index (κ1) is 14.0. The summed E-state index contributed by atoms with van der Waals surface area (Å²) < 4.78 is 0.900. The van der Waals surface area contributed by atoms with Crippen molar-refractivity contribution in [2.75, 3.05) is 25.0 Å². The van der Waals surface area contributed by atoms with Crippen molar-refractivity contribution >= 4 is 33.4 Å². The molecule has 2 amide bonds. The van der Waals surface area contributed by atoms with E-state index in [1.165, 1.54) is 0 Å². The lowest BCUT2D eigenvalue weighted by molar-refractivity contribution is -0.138. The highest BCUT2D eigenvalue weighted by molar-refractivity contribution is 9.10. The van der Waals surface area contributed by atoms with Crippen LogP contribution in [0, 0.1) is 0 Å². The number of benzene rings is 1. The van der Waals surface area contributed by atoms with E-state index in [0.29, 0.717) is 6.54 Å². The Morgan fingerprint density at radius 3 is 3.11 bits per heavy atom. The highest BCUT2D eigenvalue weighted by atomic mass is 79.9. The third kappa shape index (κ3) is 3.78. The largest absolute Gasteiger partial charge is 0.331 e. The van der Waals surface area contributed by atoms with E-state index in [0.717, 1.165) is 16.7 Å². The maximum atomic E-state index is 11.9. The Bertz CT molecular complexity index is 493. The van der Waals surface area contributed by atoms with Gasteiger partial charge in [0.05, 0.1) is 12.6 Å². The molecular formula is C13H16BrN3O2. The molecule has 0 saturated carbocycles. The van der Waals surface area contributed by atoms with Crippen LogP contribution >= 0.6 is 15.9 Å². The molecule has 19 heavy (non-hydrogen) atoms. The Labute approximate surface area is 120 Å². The van der Waals surface area contributed by atoms with Gasteiger partial charge in [0.1, 0.15) is 0 Å². The van der Waals surface area contributed by atoms with Gasteiger partial charge in [0.2, 0.25) is 11.8 Å². The van der Waals surface area contributed by atoms with E-state index in [1.807, 2.05) is 24.3 Å². The van der Waals surface area contributed by atoms with Gasteiger partial charge in [-0.1, -0.05) is 22.0 Å². The lowest BCUT2D eigenvalue weighted by Crippen LogP contribution is -2.55. The number of carbonyl (C=O) groups excluding carboxylic acids is 2. The van der Waals surface area contributed by atoms with Gasteiger partial charge >= 0.3 is 0 Å². The van der Waals surface area contributed by atoms with Crippen molar-refractivity contribution in [3.63, 3.8) is 0 Å². The number of nitrogens with one attached hydrogen (secondary N) is 2. The lowest BCUT2D eigenvalue weighted by Gasteiger charge is -2.30. The third-order valence-electron chi connectivity index (χ3n) is 2.96. The van der Waals surface area contributed by atoms with E-state index in [4.69, 9.17) is 0 Å². The highest BCUT2D eigenvalue weighted by Crippen LogP contribution is 2.15. The molecular weight excluding hydrogens is 310 g/mol. The molecule has 2 N–H and O–H groups in total. The van der Waals surface area contributed by atoms with Crippen molar-refractivity contribution in [1.82, 2.24) is 10.2 Å². The Hall–Kier alpha value is -1.40. The van der Waals surface area contributed by atoms with Crippen LogP contribution in [-0.4, -0.2) is 42.4 Å². The van der Waals surface area contributed by atoms with Crippen LogP contribution in [0.25, 0.3) is 0 Å². The second-order valence-corrected chi connectivity index (χ2v) is 5.41. The van der Waals surface area contributed by atoms with E-state index >= 15 is 0 Å². The molecule has 1 aliphatic heterocycles. The van der Waals surface area contributed by atoms with Crippen LogP contribution in [0.3, 0.4) is 0 Å². The fraction of sp³-hybridized carbons (Fsp3) is 0.385. The molecule has 1 fully saturated rings. The second kappa shape index (κ2) is 6.16. The fourth-order valence-electron chi connectivity index (χ4n) is 1.98. The molecule has 1 heterocycles. The van der Waals surface area contributed by atoms with Crippen molar-refractivity contribution < 1.29 is 9.59 Å². The molecule has 2 rings (SSSR count).